The van der Waals surface area contributed by atoms with Gasteiger partial charge in [-0.15, -0.1) is 0 Å². The van der Waals surface area contributed by atoms with Gasteiger partial charge >= 0.3 is 0 Å². The quantitative estimate of drug-likeness (QED) is 0.808. The lowest BCUT2D eigenvalue weighted by Gasteiger charge is -2.26. The fraction of sp³-hybridized carbons (Fsp3) is 0.500. The SMILES string of the molecule is Cc1[nH]nc(NC(=O)C2CC23CCC(N)CC3)c1-c1cccnc1. The van der Waals surface area contributed by atoms with Crippen molar-refractivity contribution in [1.29, 1.82) is 0 Å². The van der Waals surface area contributed by atoms with Crippen LogP contribution in [0.2, 0.25) is 0 Å². The Balaban J connectivity index is 1.50. The maximum atomic E-state index is 12.7. The Kier molecular flexibility index (Phi) is 3.64. The molecule has 2 fully saturated rings. The molecule has 1 atom stereocenters. The van der Waals surface area contributed by atoms with E-state index < -0.39 is 0 Å². The normalized spacial score (nSPS) is 28.8. The molecule has 1 unspecified atom stereocenters. The molecule has 2 aromatic heterocycles. The summed E-state index contributed by atoms with van der Waals surface area (Å²) in [5.41, 5.74) is 8.98. The van der Waals surface area contributed by atoms with Crippen LogP contribution in [0.15, 0.2) is 24.5 Å². The summed E-state index contributed by atoms with van der Waals surface area (Å²) >= 11 is 0. The third-order valence-corrected chi connectivity index (χ3v) is 5.67. The van der Waals surface area contributed by atoms with Gasteiger partial charge in [0.2, 0.25) is 5.91 Å². The molecule has 6 heteroatoms. The molecular formula is C18H23N5O. The van der Waals surface area contributed by atoms with Gasteiger partial charge in [0.25, 0.3) is 0 Å². The predicted molar refractivity (Wildman–Crippen MR) is 92.2 cm³/mol. The number of nitrogens with two attached hydrogens (primary N) is 1. The van der Waals surface area contributed by atoms with Crippen molar-refractivity contribution in [3.63, 3.8) is 0 Å². The number of carbonyl (C=O) groups excluding carboxylic acids is 1. The number of nitrogens with one attached hydrogen (secondary N) is 2. The third-order valence-electron chi connectivity index (χ3n) is 5.67. The van der Waals surface area contributed by atoms with Crippen molar-refractivity contribution >= 4 is 11.7 Å². The van der Waals surface area contributed by atoms with E-state index in [1.54, 1.807) is 12.4 Å². The van der Waals surface area contributed by atoms with Gasteiger partial charge in [-0.05, 0) is 50.5 Å². The van der Waals surface area contributed by atoms with Crippen LogP contribution in [0.25, 0.3) is 11.1 Å². The van der Waals surface area contributed by atoms with Crippen molar-refractivity contribution in [2.75, 3.05) is 5.32 Å². The first-order valence-electron chi connectivity index (χ1n) is 8.61. The smallest absolute Gasteiger partial charge is 0.229 e. The lowest BCUT2D eigenvalue weighted by molar-refractivity contribution is -0.118. The molecule has 2 heterocycles. The van der Waals surface area contributed by atoms with E-state index in [1.165, 1.54) is 0 Å². The van der Waals surface area contributed by atoms with Gasteiger partial charge in [0, 0.05) is 41.2 Å². The number of hydrogen-bond acceptors (Lipinski definition) is 4. The van der Waals surface area contributed by atoms with Crippen LogP contribution < -0.4 is 11.1 Å². The van der Waals surface area contributed by atoms with Gasteiger partial charge in [-0.3, -0.25) is 14.9 Å². The molecule has 2 aliphatic rings. The number of amides is 1. The Morgan fingerprint density at radius 2 is 2.21 bits per heavy atom. The minimum absolute atomic E-state index is 0.0853. The van der Waals surface area contributed by atoms with Gasteiger partial charge in [0.1, 0.15) is 0 Å². The molecule has 1 spiro atoms. The zero-order chi connectivity index (χ0) is 16.7. The first kappa shape index (κ1) is 15.3. The molecule has 4 N–H and O–H groups in total. The number of aryl methyl sites for hydroxylation is 1. The number of hydrogen-bond donors (Lipinski definition) is 3. The van der Waals surface area contributed by atoms with Gasteiger partial charge < -0.3 is 11.1 Å². The van der Waals surface area contributed by atoms with E-state index >= 15 is 0 Å². The van der Waals surface area contributed by atoms with Crippen LogP contribution in [-0.2, 0) is 4.79 Å². The molecule has 1 amide bonds. The van der Waals surface area contributed by atoms with Gasteiger partial charge in [-0.2, -0.15) is 5.10 Å². The summed E-state index contributed by atoms with van der Waals surface area (Å²) in [6.07, 6.45) is 8.71. The minimum atomic E-state index is 0.0853. The highest BCUT2D eigenvalue weighted by Gasteiger charge is 2.58. The molecule has 0 saturated heterocycles. The molecule has 126 valence electrons. The summed E-state index contributed by atoms with van der Waals surface area (Å²) in [5.74, 6) is 0.783. The Morgan fingerprint density at radius 1 is 1.42 bits per heavy atom. The highest BCUT2D eigenvalue weighted by molar-refractivity contribution is 5.97. The van der Waals surface area contributed by atoms with Crippen LogP contribution in [-0.4, -0.2) is 27.1 Å². The van der Waals surface area contributed by atoms with E-state index in [1.807, 2.05) is 19.1 Å². The summed E-state index contributed by atoms with van der Waals surface area (Å²) in [5, 5.41) is 10.3. The van der Waals surface area contributed by atoms with Crippen molar-refractivity contribution < 1.29 is 4.79 Å². The molecule has 0 aromatic carbocycles. The van der Waals surface area contributed by atoms with Crippen LogP contribution >= 0.6 is 0 Å². The minimum Gasteiger partial charge on any atom is -0.328 e. The first-order chi connectivity index (χ1) is 11.6. The summed E-state index contributed by atoms with van der Waals surface area (Å²) in [4.78, 5) is 16.9. The van der Waals surface area contributed by atoms with E-state index in [4.69, 9.17) is 5.73 Å². The number of pyridine rings is 1. The Bertz CT molecular complexity index is 746. The zero-order valence-electron chi connectivity index (χ0n) is 13.9. The molecule has 0 aliphatic heterocycles. The van der Waals surface area contributed by atoms with E-state index in [0.717, 1.165) is 48.9 Å². The van der Waals surface area contributed by atoms with Crippen LogP contribution in [0, 0.1) is 18.3 Å². The lowest BCUT2D eigenvalue weighted by Crippen LogP contribution is -2.29. The van der Waals surface area contributed by atoms with E-state index in [-0.39, 0.29) is 17.2 Å². The van der Waals surface area contributed by atoms with E-state index in [2.05, 4.69) is 20.5 Å². The summed E-state index contributed by atoms with van der Waals surface area (Å²) in [6, 6.07) is 4.17. The third kappa shape index (κ3) is 2.60. The lowest BCUT2D eigenvalue weighted by atomic mass is 9.82. The van der Waals surface area contributed by atoms with Crippen molar-refractivity contribution in [2.24, 2.45) is 17.1 Å². The topological polar surface area (TPSA) is 96.7 Å². The van der Waals surface area contributed by atoms with Gasteiger partial charge in [0.15, 0.2) is 5.82 Å². The van der Waals surface area contributed by atoms with E-state index in [9.17, 15) is 4.79 Å². The van der Waals surface area contributed by atoms with Gasteiger partial charge in [-0.1, -0.05) is 6.07 Å². The predicted octanol–water partition coefficient (Wildman–Crippen LogP) is 2.63. The maximum absolute atomic E-state index is 12.7. The molecule has 0 bridgehead atoms. The Labute approximate surface area is 141 Å². The monoisotopic (exact) mass is 325 g/mol. The summed E-state index contributed by atoms with van der Waals surface area (Å²) in [7, 11) is 0. The van der Waals surface area contributed by atoms with E-state index in [0.29, 0.717) is 11.9 Å². The van der Waals surface area contributed by atoms with Crippen molar-refractivity contribution in [3.8, 4) is 11.1 Å². The first-order valence-corrected chi connectivity index (χ1v) is 8.61. The average Bonchev–Trinajstić information content (AvgIpc) is 3.19. The second-order valence-corrected chi connectivity index (χ2v) is 7.26. The number of H-pyrrole nitrogens is 1. The number of aromatic amines is 1. The molecular weight excluding hydrogens is 302 g/mol. The fourth-order valence-corrected chi connectivity index (χ4v) is 4.07. The van der Waals surface area contributed by atoms with Crippen LogP contribution in [0.5, 0.6) is 0 Å². The standard InChI is InChI=1S/C18H23N5O/c1-11-15(12-3-2-8-20-10-12)16(23-22-11)21-17(24)14-9-18(14)6-4-13(19)5-7-18/h2-3,8,10,13-14H,4-7,9,19H2,1H3,(H2,21,22,23,24). The van der Waals surface area contributed by atoms with Crippen molar-refractivity contribution in [1.82, 2.24) is 15.2 Å². The number of carbonyl (C=O) groups is 1. The summed E-state index contributed by atoms with van der Waals surface area (Å²) < 4.78 is 0. The van der Waals surface area contributed by atoms with Gasteiger partial charge in [0.05, 0.1) is 0 Å². The fourth-order valence-electron chi connectivity index (χ4n) is 4.07. The average molecular weight is 325 g/mol. The van der Waals surface area contributed by atoms with Crippen LogP contribution in [0.1, 0.15) is 37.8 Å². The second kappa shape index (κ2) is 5.70. The Morgan fingerprint density at radius 3 is 2.92 bits per heavy atom. The van der Waals surface area contributed by atoms with Crippen molar-refractivity contribution in [3.05, 3.63) is 30.2 Å². The zero-order valence-corrected chi connectivity index (χ0v) is 13.9. The maximum Gasteiger partial charge on any atom is 0.229 e. The number of nitrogens with zero attached hydrogens (tertiary/aromatic N) is 2. The molecule has 4 rings (SSSR count). The highest BCUT2D eigenvalue weighted by Crippen LogP contribution is 2.61. The number of anilines is 1. The molecule has 2 saturated carbocycles. The molecule has 2 aliphatic carbocycles. The van der Waals surface area contributed by atoms with Gasteiger partial charge in [-0.25, -0.2) is 0 Å². The molecule has 2 aromatic rings. The highest BCUT2D eigenvalue weighted by atomic mass is 16.2. The van der Waals surface area contributed by atoms with Crippen LogP contribution in [0.4, 0.5) is 5.82 Å². The largest absolute Gasteiger partial charge is 0.328 e. The second-order valence-electron chi connectivity index (χ2n) is 7.26. The summed E-state index contributed by atoms with van der Waals surface area (Å²) in [6.45, 7) is 1.95. The Hall–Kier alpha value is -2.21. The number of rotatable bonds is 3. The van der Waals surface area contributed by atoms with Crippen molar-refractivity contribution in [2.45, 2.75) is 45.1 Å². The van der Waals surface area contributed by atoms with Crippen LogP contribution in [0.3, 0.4) is 0 Å². The molecule has 24 heavy (non-hydrogen) atoms. The molecule has 6 nitrogen and oxygen atoms in total. The number of aromatic nitrogens is 3. The molecule has 0 radical (unpaired) electrons.